The minimum Gasteiger partial charge on any atom is -0.345 e. The molecule has 2 fully saturated rings. The number of unbranched alkanes of at least 4 members (excludes halogenated alkanes) is 1. The summed E-state index contributed by atoms with van der Waals surface area (Å²) < 4.78 is 0. The van der Waals surface area contributed by atoms with Gasteiger partial charge in [0.2, 0.25) is 0 Å². The molecular formula is C16H27N3S. The van der Waals surface area contributed by atoms with Crippen molar-refractivity contribution >= 4 is 16.5 Å². The molecule has 4 heteroatoms. The molecule has 3 nitrogen and oxygen atoms in total. The van der Waals surface area contributed by atoms with E-state index in [1.54, 1.807) is 0 Å². The molecular weight excluding hydrogens is 266 g/mol. The lowest BCUT2D eigenvalue weighted by Crippen LogP contribution is -2.26. The van der Waals surface area contributed by atoms with Crippen LogP contribution in [-0.2, 0) is 13.0 Å². The second-order valence-electron chi connectivity index (χ2n) is 6.15. The third kappa shape index (κ3) is 3.53. The zero-order chi connectivity index (χ0) is 13.9. The van der Waals surface area contributed by atoms with E-state index in [9.17, 15) is 0 Å². The normalized spacial score (nSPS) is 18.5. The van der Waals surface area contributed by atoms with E-state index >= 15 is 0 Å². The average molecular weight is 293 g/mol. The highest BCUT2D eigenvalue weighted by Gasteiger charge is 2.31. The lowest BCUT2D eigenvalue weighted by atomic mass is 10.3. The Hall–Kier alpha value is -0.610. The Bertz CT molecular complexity index is 435. The highest BCUT2D eigenvalue weighted by molar-refractivity contribution is 7.15. The van der Waals surface area contributed by atoms with E-state index in [0.717, 1.165) is 25.0 Å². The monoisotopic (exact) mass is 293 g/mol. The first-order valence-electron chi connectivity index (χ1n) is 8.30. The molecule has 0 aromatic carbocycles. The molecule has 1 aromatic heterocycles. The van der Waals surface area contributed by atoms with Gasteiger partial charge in [-0.1, -0.05) is 20.3 Å². The Morgan fingerprint density at radius 3 is 2.65 bits per heavy atom. The molecule has 2 aliphatic rings. The number of aryl methyl sites for hydroxylation is 1. The lowest BCUT2D eigenvalue weighted by Gasteiger charge is -2.20. The van der Waals surface area contributed by atoms with Gasteiger partial charge in [0.25, 0.3) is 0 Å². The van der Waals surface area contributed by atoms with Crippen LogP contribution in [-0.4, -0.2) is 23.6 Å². The van der Waals surface area contributed by atoms with Crippen molar-refractivity contribution in [1.82, 2.24) is 10.3 Å². The molecule has 0 saturated heterocycles. The van der Waals surface area contributed by atoms with Crippen molar-refractivity contribution in [2.24, 2.45) is 0 Å². The first kappa shape index (κ1) is 14.3. The van der Waals surface area contributed by atoms with Gasteiger partial charge in [-0.2, -0.15) is 0 Å². The van der Waals surface area contributed by atoms with Crippen LogP contribution in [0.15, 0.2) is 0 Å². The molecule has 3 rings (SSSR count). The van der Waals surface area contributed by atoms with Gasteiger partial charge in [-0.25, -0.2) is 4.98 Å². The van der Waals surface area contributed by atoms with E-state index in [4.69, 9.17) is 4.98 Å². The maximum absolute atomic E-state index is 4.95. The SMILES string of the molecule is CCCCN(c1nc(CC)c(CNC2CC2)s1)C1CC1. The minimum atomic E-state index is 0.779. The smallest absolute Gasteiger partial charge is 0.186 e. The number of nitrogens with zero attached hydrogens (tertiary/aromatic N) is 2. The Morgan fingerprint density at radius 2 is 2.05 bits per heavy atom. The van der Waals surface area contributed by atoms with Crippen molar-refractivity contribution in [3.8, 4) is 0 Å². The second-order valence-corrected chi connectivity index (χ2v) is 7.22. The topological polar surface area (TPSA) is 28.2 Å². The molecule has 0 radical (unpaired) electrons. The van der Waals surface area contributed by atoms with E-state index in [1.165, 1.54) is 60.8 Å². The number of thiazole rings is 1. The van der Waals surface area contributed by atoms with Crippen molar-refractivity contribution in [2.75, 3.05) is 11.4 Å². The Balaban J connectivity index is 1.69. The number of aromatic nitrogens is 1. The zero-order valence-corrected chi connectivity index (χ0v) is 13.6. The number of nitrogens with one attached hydrogen (secondary N) is 1. The maximum Gasteiger partial charge on any atom is 0.186 e. The van der Waals surface area contributed by atoms with Crippen LogP contribution in [0.5, 0.6) is 0 Å². The summed E-state index contributed by atoms with van der Waals surface area (Å²) in [5.41, 5.74) is 1.32. The van der Waals surface area contributed by atoms with E-state index < -0.39 is 0 Å². The standard InChI is InChI=1S/C16H27N3S/c1-3-5-10-19(13-8-9-13)16-18-14(4-2)15(20-16)11-17-12-6-7-12/h12-13,17H,3-11H2,1-2H3. The van der Waals surface area contributed by atoms with Crippen molar-refractivity contribution in [1.29, 1.82) is 0 Å². The van der Waals surface area contributed by atoms with E-state index in [2.05, 4.69) is 24.1 Å². The number of hydrogen-bond donors (Lipinski definition) is 1. The summed E-state index contributed by atoms with van der Waals surface area (Å²) in [4.78, 5) is 8.99. The summed E-state index contributed by atoms with van der Waals surface area (Å²) in [5, 5.41) is 4.92. The lowest BCUT2D eigenvalue weighted by molar-refractivity contribution is 0.688. The van der Waals surface area contributed by atoms with Crippen LogP contribution >= 0.6 is 11.3 Å². The van der Waals surface area contributed by atoms with Gasteiger partial charge in [0, 0.05) is 30.1 Å². The van der Waals surface area contributed by atoms with Crippen LogP contribution < -0.4 is 10.2 Å². The van der Waals surface area contributed by atoms with E-state index in [0.29, 0.717) is 0 Å². The summed E-state index contributed by atoms with van der Waals surface area (Å²) >= 11 is 1.93. The van der Waals surface area contributed by atoms with Gasteiger partial charge in [0.15, 0.2) is 5.13 Å². The minimum absolute atomic E-state index is 0.779. The van der Waals surface area contributed by atoms with E-state index in [-0.39, 0.29) is 0 Å². The van der Waals surface area contributed by atoms with Gasteiger partial charge >= 0.3 is 0 Å². The largest absolute Gasteiger partial charge is 0.345 e. The molecule has 1 N–H and O–H groups in total. The van der Waals surface area contributed by atoms with Crippen molar-refractivity contribution in [3.05, 3.63) is 10.6 Å². The number of rotatable bonds is 9. The van der Waals surface area contributed by atoms with Crippen molar-refractivity contribution in [2.45, 2.75) is 77.4 Å². The van der Waals surface area contributed by atoms with Gasteiger partial charge < -0.3 is 10.2 Å². The van der Waals surface area contributed by atoms with Gasteiger partial charge in [-0.3, -0.25) is 0 Å². The number of hydrogen-bond acceptors (Lipinski definition) is 4. The van der Waals surface area contributed by atoms with Crippen LogP contribution in [0.25, 0.3) is 0 Å². The summed E-state index contributed by atoms with van der Waals surface area (Å²) in [6.07, 6.45) is 9.05. The molecule has 1 aromatic rings. The Kier molecular flexibility index (Phi) is 4.61. The average Bonchev–Trinajstić information content (AvgIpc) is 3.36. The highest BCUT2D eigenvalue weighted by atomic mass is 32.1. The molecule has 20 heavy (non-hydrogen) atoms. The summed E-state index contributed by atoms with van der Waals surface area (Å²) in [5.74, 6) is 0. The fourth-order valence-corrected chi connectivity index (χ4v) is 3.78. The van der Waals surface area contributed by atoms with Gasteiger partial charge in [0.1, 0.15) is 0 Å². The van der Waals surface area contributed by atoms with Crippen LogP contribution in [0.1, 0.15) is 62.9 Å². The predicted octanol–water partition coefficient (Wildman–Crippen LogP) is 3.73. The molecule has 2 aliphatic carbocycles. The molecule has 1 heterocycles. The molecule has 0 spiro atoms. The summed E-state index contributed by atoms with van der Waals surface area (Å²) in [7, 11) is 0. The van der Waals surface area contributed by atoms with Gasteiger partial charge in [0.05, 0.1) is 5.69 Å². The van der Waals surface area contributed by atoms with Crippen molar-refractivity contribution in [3.63, 3.8) is 0 Å². The van der Waals surface area contributed by atoms with Crippen LogP contribution in [0.4, 0.5) is 5.13 Å². The first-order valence-corrected chi connectivity index (χ1v) is 9.12. The molecule has 2 saturated carbocycles. The van der Waals surface area contributed by atoms with Gasteiger partial charge in [-0.05, 0) is 38.5 Å². The molecule has 0 aliphatic heterocycles. The summed E-state index contributed by atoms with van der Waals surface area (Å²) in [6, 6.07) is 1.56. The third-order valence-electron chi connectivity index (χ3n) is 4.22. The highest BCUT2D eigenvalue weighted by Crippen LogP contribution is 2.36. The second kappa shape index (κ2) is 6.44. The summed E-state index contributed by atoms with van der Waals surface area (Å²) in [6.45, 7) is 6.72. The van der Waals surface area contributed by atoms with E-state index in [1.807, 2.05) is 11.3 Å². The van der Waals surface area contributed by atoms with Crippen LogP contribution in [0, 0.1) is 0 Å². The van der Waals surface area contributed by atoms with Gasteiger partial charge in [-0.15, -0.1) is 11.3 Å². The number of anilines is 1. The molecule has 0 unspecified atom stereocenters. The predicted molar refractivity (Wildman–Crippen MR) is 86.6 cm³/mol. The fraction of sp³-hybridized carbons (Fsp3) is 0.812. The molecule has 0 bridgehead atoms. The Labute approximate surface area is 126 Å². The first-order chi connectivity index (χ1) is 9.81. The maximum atomic E-state index is 4.95. The molecule has 0 amide bonds. The van der Waals surface area contributed by atoms with Crippen LogP contribution in [0.3, 0.4) is 0 Å². The van der Waals surface area contributed by atoms with Crippen LogP contribution in [0.2, 0.25) is 0 Å². The zero-order valence-electron chi connectivity index (χ0n) is 12.8. The third-order valence-corrected chi connectivity index (χ3v) is 5.35. The fourth-order valence-electron chi connectivity index (χ4n) is 2.58. The quantitative estimate of drug-likeness (QED) is 0.752. The molecule has 112 valence electrons. The Morgan fingerprint density at radius 1 is 1.25 bits per heavy atom. The van der Waals surface area contributed by atoms with Crippen molar-refractivity contribution < 1.29 is 0 Å². The molecule has 0 atom stereocenters.